The van der Waals surface area contributed by atoms with Crippen molar-refractivity contribution >= 4 is 57.2 Å². The van der Waals surface area contributed by atoms with Crippen LogP contribution < -0.4 is 26.2 Å². The molecule has 0 saturated heterocycles. The number of hydrogen-bond donors (Lipinski definition) is 0. The number of pyridine rings is 1. The topological polar surface area (TPSA) is 19.4 Å². The van der Waals surface area contributed by atoms with E-state index >= 15 is 0 Å². The van der Waals surface area contributed by atoms with Gasteiger partial charge in [0.2, 0.25) is 0 Å². The minimum atomic E-state index is -0.246. The molecule has 0 amide bonds. The molecular formula is C99H104BN3. The van der Waals surface area contributed by atoms with Gasteiger partial charge < -0.3 is 9.80 Å². The normalized spacial score (nSPS) is 13.4. The third-order valence-electron chi connectivity index (χ3n) is 21.6. The Labute approximate surface area is 617 Å². The molecule has 11 aromatic carbocycles. The summed E-state index contributed by atoms with van der Waals surface area (Å²) in [5.74, 6) is 0. The minimum Gasteiger partial charge on any atom is -0.310 e. The number of para-hydroxylation sites is 1. The van der Waals surface area contributed by atoms with Gasteiger partial charge in [-0.3, -0.25) is 4.98 Å². The summed E-state index contributed by atoms with van der Waals surface area (Å²) in [5, 5.41) is 0. The van der Waals surface area contributed by atoms with Crippen molar-refractivity contribution in [2.45, 2.75) is 183 Å². The van der Waals surface area contributed by atoms with Crippen LogP contribution in [-0.4, -0.2) is 11.7 Å². The van der Waals surface area contributed by atoms with Gasteiger partial charge in [0.1, 0.15) is 0 Å². The fourth-order valence-electron chi connectivity index (χ4n) is 15.3. The van der Waals surface area contributed by atoms with Crippen LogP contribution in [0.2, 0.25) is 0 Å². The third kappa shape index (κ3) is 13.5. The van der Waals surface area contributed by atoms with Crippen molar-refractivity contribution in [3.05, 3.63) is 288 Å². The van der Waals surface area contributed by atoms with Gasteiger partial charge in [-0.2, -0.15) is 0 Å². The van der Waals surface area contributed by atoms with Gasteiger partial charge >= 0.3 is 0 Å². The molecule has 0 saturated carbocycles. The molecule has 0 N–H and O–H groups in total. The van der Waals surface area contributed by atoms with Gasteiger partial charge in [0.05, 0.1) is 11.4 Å². The van der Waals surface area contributed by atoms with Crippen molar-refractivity contribution in [2.24, 2.45) is 0 Å². The van der Waals surface area contributed by atoms with Gasteiger partial charge in [0, 0.05) is 67.2 Å². The summed E-state index contributed by atoms with van der Waals surface area (Å²) in [7, 11) is 0. The SMILES string of the molecule is CC(C)(C)c1cccc(-c2ccc3c(c2)N(c2c(-c4ccccc4)cccc2-c2cc(C(C)(C)C)nc(C(C)(C)C)c2)c2cc(-c4cc(C(C)(C)C)cc(C(C)(C)C)c4)cc4c2B3c2ccc(-c3cccc(C(C)(C)C)c3)cc2N4c2c(-c3ccccc3)cc(C(C)(C)C)cc2-c2ccccc2)c1. The first kappa shape index (κ1) is 70.3. The lowest BCUT2D eigenvalue weighted by Gasteiger charge is -2.46. The molecule has 3 nitrogen and oxygen atoms in total. The zero-order valence-corrected chi connectivity index (χ0v) is 65.1. The smallest absolute Gasteiger partial charge is 0.252 e. The molecule has 12 aromatic rings. The molecule has 4 heteroatoms. The molecule has 518 valence electrons. The largest absolute Gasteiger partial charge is 0.310 e. The average Bonchev–Trinajstić information content (AvgIpc) is 0.686. The van der Waals surface area contributed by atoms with Crippen molar-refractivity contribution in [3.8, 4) is 77.9 Å². The van der Waals surface area contributed by atoms with E-state index in [1.807, 2.05) is 0 Å². The summed E-state index contributed by atoms with van der Waals surface area (Å²) < 4.78 is 0. The summed E-state index contributed by atoms with van der Waals surface area (Å²) in [4.78, 5) is 11.0. The van der Waals surface area contributed by atoms with Crippen LogP contribution in [0.1, 0.15) is 185 Å². The van der Waals surface area contributed by atoms with Gasteiger partial charge in [-0.05, 0) is 175 Å². The van der Waals surface area contributed by atoms with Crippen molar-refractivity contribution in [1.29, 1.82) is 0 Å². The zero-order chi connectivity index (χ0) is 73.3. The van der Waals surface area contributed by atoms with E-state index in [0.717, 1.165) is 84.5 Å². The third-order valence-corrected chi connectivity index (χ3v) is 21.6. The van der Waals surface area contributed by atoms with Gasteiger partial charge in [-0.25, -0.2) is 0 Å². The zero-order valence-electron chi connectivity index (χ0n) is 65.1. The second-order valence-corrected chi connectivity index (χ2v) is 36.6. The molecule has 103 heavy (non-hydrogen) atoms. The summed E-state index contributed by atoms with van der Waals surface area (Å²) in [6.07, 6.45) is 0. The molecule has 14 rings (SSSR count). The number of hydrogen-bond acceptors (Lipinski definition) is 3. The van der Waals surface area contributed by atoms with Gasteiger partial charge in [0.25, 0.3) is 6.71 Å². The Morgan fingerprint density at radius 3 is 0.922 bits per heavy atom. The first-order chi connectivity index (χ1) is 48.5. The minimum absolute atomic E-state index is 0.0616. The van der Waals surface area contributed by atoms with Crippen LogP contribution in [0.5, 0.6) is 0 Å². The fourth-order valence-corrected chi connectivity index (χ4v) is 15.3. The predicted octanol–water partition coefficient (Wildman–Crippen LogP) is 25.9. The second kappa shape index (κ2) is 25.6. The summed E-state index contributed by atoms with van der Waals surface area (Å²) in [5.41, 5.74) is 34.4. The van der Waals surface area contributed by atoms with E-state index in [-0.39, 0.29) is 44.6 Å². The summed E-state index contributed by atoms with van der Waals surface area (Å²) in [6.45, 7) is 48.9. The standard InChI is InChI=1S/C99H104BN3/c1-93(2,3)73-42-31-40-66(50-73)68-46-48-82-84(54-68)102(91-78(63-34-25-22-26-35-63)44-33-45-79(91)72-58-88(98(16,17)18)101-89(59-72)99(19,20)21)86-56-71(70-52-75(95(7,8)9)60-76(53-70)96(10,11)12)57-87-90(86)100(82)83-49-47-69(67-41-32-43-74(51-67)94(4,5)6)55-85(83)103(87)92-80(64-36-27-23-28-37-64)61-77(97(13,14)15)62-81(92)65-38-29-24-30-39-65/h22-62H,1-21H3. The van der Waals surface area contributed by atoms with Crippen LogP contribution >= 0.6 is 0 Å². The molecule has 0 aliphatic carbocycles. The summed E-state index contributed by atoms with van der Waals surface area (Å²) in [6, 6.07) is 96.8. The quantitative estimate of drug-likeness (QED) is 0.134. The molecule has 0 atom stereocenters. The highest BCUT2D eigenvalue weighted by Gasteiger charge is 2.46. The highest BCUT2D eigenvalue weighted by atomic mass is 15.2. The Morgan fingerprint density at radius 2 is 0.534 bits per heavy atom. The summed E-state index contributed by atoms with van der Waals surface area (Å²) >= 11 is 0. The van der Waals surface area contributed by atoms with Crippen LogP contribution in [0.3, 0.4) is 0 Å². The van der Waals surface area contributed by atoms with E-state index in [1.165, 1.54) is 83.1 Å². The van der Waals surface area contributed by atoms with E-state index in [1.54, 1.807) is 0 Å². The number of fused-ring (bicyclic) bond motifs is 4. The lowest BCUT2D eigenvalue weighted by Crippen LogP contribution is -2.61. The van der Waals surface area contributed by atoms with Crippen LogP contribution in [-0.2, 0) is 37.9 Å². The van der Waals surface area contributed by atoms with Crippen molar-refractivity contribution in [3.63, 3.8) is 0 Å². The van der Waals surface area contributed by atoms with Crippen LogP contribution in [0, 0.1) is 0 Å². The molecule has 1 aromatic heterocycles. The average molecular weight is 1350 g/mol. The number of benzene rings is 11. The fraction of sp³-hybridized carbons (Fsp3) is 0.283. The Kier molecular flexibility index (Phi) is 17.5. The molecule has 0 bridgehead atoms. The molecule has 2 aliphatic heterocycles. The van der Waals surface area contributed by atoms with Crippen LogP contribution in [0.15, 0.2) is 249 Å². The Hall–Kier alpha value is -9.77. The molecular weight excluding hydrogens is 1240 g/mol. The molecule has 0 spiro atoms. The molecule has 0 radical (unpaired) electrons. The Bertz CT molecular complexity index is 5110. The van der Waals surface area contributed by atoms with Gasteiger partial charge in [-0.15, -0.1) is 0 Å². The van der Waals surface area contributed by atoms with Crippen molar-refractivity contribution in [1.82, 2.24) is 4.98 Å². The van der Waals surface area contributed by atoms with E-state index in [2.05, 4.69) is 404 Å². The van der Waals surface area contributed by atoms with Crippen molar-refractivity contribution in [2.75, 3.05) is 9.80 Å². The van der Waals surface area contributed by atoms with Gasteiger partial charge in [0.15, 0.2) is 0 Å². The highest BCUT2D eigenvalue weighted by Crippen LogP contribution is 2.56. The maximum Gasteiger partial charge on any atom is 0.252 e. The van der Waals surface area contributed by atoms with E-state index in [0.29, 0.717) is 0 Å². The highest BCUT2D eigenvalue weighted by molar-refractivity contribution is 7.00. The lowest BCUT2D eigenvalue weighted by molar-refractivity contribution is 0.531. The first-order valence-electron chi connectivity index (χ1n) is 37.4. The number of aromatic nitrogens is 1. The van der Waals surface area contributed by atoms with E-state index < -0.39 is 0 Å². The first-order valence-corrected chi connectivity index (χ1v) is 37.4. The number of anilines is 6. The Balaban J connectivity index is 1.23. The maximum absolute atomic E-state index is 5.56. The molecule has 0 unspecified atom stereocenters. The van der Waals surface area contributed by atoms with Gasteiger partial charge in [-0.1, -0.05) is 346 Å². The van der Waals surface area contributed by atoms with E-state index in [4.69, 9.17) is 4.98 Å². The van der Waals surface area contributed by atoms with E-state index in [9.17, 15) is 0 Å². The monoisotopic (exact) mass is 1350 g/mol. The lowest BCUT2D eigenvalue weighted by atomic mass is 9.33. The molecule has 3 heterocycles. The molecule has 2 aliphatic rings. The maximum atomic E-state index is 5.56. The molecule has 0 fully saturated rings. The number of nitrogens with zero attached hydrogens (tertiary/aromatic N) is 3. The number of rotatable bonds is 9. The van der Waals surface area contributed by atoms with Crippen LogP contribution in [0.4, 0.5) is 34.1 Å². The van der Waals surface area contributed by atoms with Crippen LogP contribution in [0.25, 0.3) is 77.9 Å². The Morgan fingerprint density at radius 1 is 0.223 bits per heavy atom. The predicted molar refractivity (Wildman–Crippen MR) is 447 cm³/mol. The second-order valence-electron chi connectivity index (χ2n) is 36.6. The van der Waals surface area contributed by atoms with Crippen molar-refractivity contribution < 1.29 is 0 Å².